The fraction of sp³-hybridized carbons (Fsp3) is 0.825. The van der Waals surface area contributed by atoms with Crippen molar-refractivity contribution in [1.29, 1.82) is 0 Å². The highest BCUT2D eigenvalue weighted by molar-refractivity contribution is 7.98. The first-order valence-electron chi connectivity index (χ1n) is 19.8. The molecule has 0 bridgehead atoms. The molecular weight excluding hydrogens is 867 g/mol. The molecule has 0 aromatic heterocycles. The van der Waals surface area contributed by atoms with Crippen LogP contribution >= 0.6 is 11.8 Å². The van der Waals surface area contributed by atoms with E-state index in [4.69, 9.17) is 4.74 Å². The molecule has 0 aliphatic rings. The number of carbonyl (C=O) groups is 1. The molecule has 0 saturated heterocycles. The van der Waals surface area contributed by atoms with Crippen LogP contribution in [-0.2, 0) is 16.0 Å². The molecule has 352 valence electrons. The molecule has 60 heavy (non-hydrogen) atoms. The zero-order valence-corrected chi connectivity index (χ0v) is 35.1. The first-order chi connectivity index (χ1) is 27.2. The average molecular weight is 923 g/mol. The van der Waals surface area contributed by atoms with Gasteiger partial charge in [0.2, 0.25) is 0 Å². The Balaban J connectivity index is 2.94. The highest BCUT2D eigenvalue weighted by Crippen LogP contribution is 2.64. The molecule has 1 aromatic carbocycles. The number of aryl methyl sites for hydroxylation is 1. The molecule has 2 nitrogen and oxygen atoms in total. The van der Waals surface area contributed by atoms with Crippen molar-refractivity contribution in [3.8, 4) is 5.75 Å². The lowest BCUT2D eigenvalue weighted by Gasteiger charge is -2.42. The Morgan fingerprint density at radius 1 is 0.550 bits per heavy atom. The van der Waals surface area contributed by atoms with Gasteiger partial charge in [0.25, 0.3) is 0 Å². The maximum atomic E-state index is 14.5. The van der Waals surface area contributed by atoms with Gasteiger partial charge < -0.3 is 4.74 Å². The van der Waals surface area contributed by atoms with Gasteiger partial charge in [-0.3, -0.25) is 4.79 Å². The molecule has 0 saturated carbocycles. The molecule has 0 aliphatic carbocycles. The van der Waals surface area contributed by atoms with E-state index in [-0.39, 0.29) is 29.5 Å². The van der Waals surface area contributed by atoms with Crippen molar-refractivity contribution >= 4 is 17.7 Å². The van der Waals surface area contributed by atoms with Crippen LogP contribution in [0.2, 0.25) is 0 Å². The van der Waals surface area contributed by atoms with Gasteiger partial charge in [-0.15, -0.1) is 0 Å². The summed E-state index contributed by atoms with van der Waals surface area (Å²) in [6.07, 6.45) is 6.03. The average Bonchev–Trinajstić information content (AvgIpc) is 3.11. The smallest absolute Gasteiger partial charge is 0.426 e. The van der Waals surface area contributed by atoms with Crippen LogP contribution in [0.15, 0.2) is 12.1 Å². The molecule has 0 N–H and O–H groups in total. The van der Waals surface area contributed by atoms with Crippen LogP contribution in [0.1, 0.15) is 154 Å². The van der Waals surface area contributed by atoms with Crippen LogP contribution in [0, 0.1) is 6.92 Å². The number of halogens is 17. The second kappa shape index (κ2) is 22.0. The fourth-order valence-corrected chi connectivity index (χ4v) is 7.05. The third-order valence-electron chi connectivity index (χ3n) is 10.0. The number of hydrogen-bond donors (Lipinski definition) is 0. The van der Waals surface area contributed by atoms with Crippen molar-refractivity contribution in [2.24, 2.45) is 0 Å². The molecule has 0 spiro atoms. The number of carbonyl (C=O) groups excluding carboxylic acids is 1. The van der Waals surface area contributed by atoms with E-state index in [2.05, 4.69) is 6.92 Å². The second-order valence-electron chi connectivity index (χ2n) is 16.2. The Morgan fingerprint density at radius 2 is 0.933 bits per heavy atom. The van der Waals surface area contributed by atoms with Crippen molar-refractivity contribution in [2.45, 2.75) is 203 Å². The standard InChI is InChI=1S/C40H55F17O2S/c1-6-7-8-9-10-11-12-13-14-15-16-17-18-19-20-21-30(58)59-31-27(2)24-29(32(3,4)5)25-28(31)26-60-23-22-33(41,42)34(43,44)35(45,46)36(47,48)37(49,50)38(51,52)39(53,54)40(55,56)57/h24-25H,6-23,26H2,1-5H3. The first-order valence-corrected chi connectivity index (χ1v) is 21.0. The number of ether oxygens (including phenoxy) is 1. The van der Waals surface area contributed by atoms with Crippen LogP contribution in [0.25, 0.3) is 0 Å². The summed E-state index contributed by atoms with van der Waals surface area (Å²) in [7, 11) is 0. The Labute approximate surface area is 344 Å². The summed E-state index contributed by atoms with van der Waals surface area (Å²) < 4.78 is 238. The quantitative estimate of drug-likeness (QED) is 0.0363. The first kappa shape index (κ1) is 55.9. The lowest BCUT2D eigenvalue weighted by atomic mass is 9.85. The number of alkyl halides is 17. The van der Waals surface area contributed by atoms with Gasteiger partial charge in [0.1, 0.15) is 5.75 Å². The summed E-state index contributed by atoms with van der Waals surface area (Å²) in [4.78, 5) is 12.8. The van der Waals surface area contributed by atoms with E-state index in [9.17, 15) is 79.4 Å². The van der Waals surface area contributed by atoms with Crippen molar-refractivity contribution in [3.05, 3.63) is 28.8 Å². The summed E-state index contributed by atoms with van der Waals surface area (Å²) in [6, 6.07) is 3.11. The van der Waals surface area contributed by atoms with Gasteiger partial charge in [0.05, 0.1) is 0 Å². The lowest BCUT2D eigenvalue weighted by Crippen LogP contribution is -2.74. The number of benzene rings is 1. The van der Waals surface area contributed by atoms with Gasteiger partial charge >= 0.3 is 53.6 Å². The molecule has 20 heteroatoms. The second-order valence-corrected chi connectivity index (χ2v) is 17.3. The molecule has 0 fully saturated rings. The van der Waals surface area contributed by atoms with Gasteiger partial charge in [-0.05, 0) is 35.6 Å². The highest BCUT2D eigenvalue weighted by atomic mass is 32.2. The Hall–Kier alpha value is -2.15. The van der Waals surface area contributed by atoms with Crippen molar-refractivity contribution in [1.82, 2.24) is 0 Å². The number of esters is 1. The van der Waals surface area contributed by atoms with Gasteiger partial charge in [-0.1, -0.05) is 130 Å². The highest BCUT2D eigenvalue weighted by Gasteiger charge is 2.95. The van der Waals surface area contributed by atoms with E-state index < -0.39 is 76.9 Å². The van der Waals surface area contributed by atoms with Crippen molar-refractivity contribution in [2.75, 3.05) is 5.75 Å². The Kier molecular flexibility index (Phi) is 20.5. The SMILES string of the molecule is CCCCCCCCCCCCCCCCCC(=O)Oc1c(C)cc(C(C)(C)C)cc1CSCCC(F)(F)C(F)(F)C(F)(F)C(F)(F)C(F)(F)C(F)(F)C(F)(F)C(F)(F)F. The zero-order valence-electron chi connectivity index (χ0n) is 34.2. The third-order valence-corrected chi connectivity index (χ3v) is 11.0. The van der Waals surface area contributed by atoms with E-state index in [1.807, 2.05) is 0 Å². The molecule has 0 amide bonds. The van der Waals surface area contributed by atoms with Crippen LogP contribution in [0.3, 0.4) is 0 Å². The molecule has 0 atom stereocenters. The van der Waals surface area contributed by atoms with Crippen LogP contribution in [-0.4, -0.2) is 59.4 Å². The summed E-state index contributed by atoms with van der Waals surface area (Å²) in [5.74, 6) is -59.1. The molecular formula is C40H55F17O2S. The molecule has 0 aliphatic heterocycles. The minimum absolute atomic E-state index is 0.00965. The predicted octanol–water partition coefficient (Wildman–Crippen LogP) is 16.1. The summed E-state index contributed by atoms with van der Waals surface area (Å²) >= 11 is 0.263. The normalized spacial score (nSPS) is 14.2. The largest absolute Gasteiger partial charge is 0.460 e. The Bertz CT molecular complexity index is 1470. The van der Waals surface area contributed by atoms with Crippen LogP contribution < -0.4 is 4.74 Å². The van der Waals surface area contributed by atoms with E-state index in [1.165, 1.54) is 64.4 Å². The maximum Gasteiger partial charge on any atom is 0.460 e. The summed E-state index contributed by atoms with van der Waals surface area (Å²) in [5, 5.41) is 0. The summed E-state index contributed by atoms with van der Waals surface area (Å²) in [6.45, 7) is 9.01. The van der Waals surface area contributed by atoms with Crippen molar-refractivity contribution < 1.29 is 84.2 Å². The van der Waals surface area contributed by atoms with Gasteiger partial charge in [0.15, 0.2) is 0 Å². The van der Waals surface area contributed by atoms with Gasteiger partial charge in [-0.25, -0.2) is 0 Å². The predicted molar refractivity (Wildman–Crippen MR) is 197 cm³/mol. The monoisotopic (exact) mass is 922 g/mol. The number of rotatable bonds is 28. The van der Waals surface area contributed by atoms with Crippen molar-refractivity contribution in [3.63, 3.8) is 0 Å². The van der Waals surface area contributed by atoms with E-state index in [1.54, 1.807) is 26.8 Å². The Morgan fingerprint density at radius 3 is 1.33 bits per heavy atom. The van der Waals surface area contributed by atoms with Gasteiger partial charge in [0, 0.05) is 24.2 Å². The van der Waals surface area contributed by atoms with E-state index in [0.717, 1.165) is 38.5 Å². The number of unbranched alkanes of at least 4 members (excludes halogenated alkanes) is 14. The number of hydrogen-bond acceptors (Lipinski definition) is 3. The van der Waals surface area contributed by atoms with Crippen LogP contribution in [0.4, 0.5) is 74.6 Å². The molecule has 0 unspecified atom stereocenters. The fourth-order valence-electron chi connectivity index (χ4n) is 6.07. The van der Waals surface area contributed by atoms with Gasteiger partial charge in [-0.2, -0.15) is 86.4 Å². The summed E-state index contributed by atoms with van der Waals surface area (Å²) in [5.41, 5.74) is 0.519. The minimum Gasteiger partial charge on any atom is -0.426 e. The van der Waals surface area contributed by atoms with E-state index >= 15 is 0 Å². The lowest BCUT2D eigenvalue weighted by molar-refractivity contribution is -0.461. The zero-order chi connectivity index (χ0) is 46.7. The molecule has 1 rings (SSSR count). The molecule has 0 heterocycles. The maximum absolute atomic E-state index is 14.5. The number of thioether (sulfide) groups is 1. The molecule has 0 radical (unpaired) electrons. The minimum atomic E-state index is -8.66. The van der Waals surface area contributed by atoms with Crippen LogP contribution in [0.5, 0.6) is 5.75 Å². The third kappa shape index (κ3) is 13.4. The van der Waals surface area contributed by atoms with E-state index in [0.29, 0.717) is 17.5 Å². The molecule has 1 aromatic rings. The topological polar surface area (TPSA) is 26.3 Å².